The minimum Gasteiger partial charge on any atom is -0.358 e. The molecule has 3 rings (SSSR count). The fourth-order valence-corrected chi connectivity index (χ4v) is 2.92. The number of nitrogens with zero attached hydrogens (tertiary/aromatic N) is 1. The molecule has 0 bridgehead atoms. The zero-order valence-electron chi connectivity index (χ0n) is 12.8. The Morgan fingerprint density at radius 2 is 1.65 bits per heavy atom. The Bertz CT molecular complexity index is 666. The van der Waals surface area contributed by atoms with E-state index in [1.807, 2.05) is 54.7 Å². The second kappa shape index (κ2) is 8.76. The summed E-state index contributed by atoms with van der Waals surface area (Å²) in [6.45, 7) is 0. The number of halogens is 2. The van der Waals surface area contributed by atoms with Gasteiger partial charge in [0.25, 0.3) is 0 Å². The summed E-state index contributed by atoms with van der Waals surface area (Å²) in [7, 11) is 0. The number of hydrogen-bond donors (Lipinski definition) is 1. The van der Waals surface area contributed by atoms with Gasteiger partial charge in [-0.25, -0.2) is 0 Å². The number of benzene rings is 2. The van der Waals surface area contributed by atoms with Crippen LogP contribution in [0.4, 0.5) is 11.4 Å². The van der Waals surface area contributed by atoms with Gasteiger partial charge in [0, 0.05) is 28.5 Å². The fourth-order valence-electron chi connectivity index (χ4n) is 2.62. The third-order valence-electron chi connectivity index (χ3n) is 3.78. The summed E-state index contributed by atoms with van der Waals surface area (Å²) in [5, 5.41) is 4.33. The maximum absolute atomic E-state index is 6.59. The van der Waals surface area contributed by atoms with E-state index >= 15 is 0 Å². The lowest BCUT2D eigenvalue weighted by atomic mass is 9.94. The number of nitrogens with one attached hydrogen (secondary N) is 1. The van der Waals surface area contributed by atoms with Crippen LogP contribution in [0.5, 0.6) is 0 Å². The van der Waals surface area contributed by atoms with Crippen molar-refractivity contribution in [3.8, 4) is 0 Å². The maximum atomic E-state index is 6.59. The van der Waals surface area contributed by atoms with Crippen LogP contribution in [-0.2, 0) is 0 Å². The molecule has 1 unspecified atom stereocenters. The highest BCUT2D eigenvalue weighted by Crippen LogP contribution is 2.33. The lowest BCUT2D eigenvalue weighted by Gasteiger charge is -2.23. The Morgan fingerprint density at radius 3 is 2.35 bits per heavy atom. The van der Waals surface area contributed by atoms with Gasteiger partial charge >= 0.3 is 0 Å². The Labute approximate surface area is 148 Å². The molecule has 120 valence electrons. The highest BCUT2D eigenvalue weighted by molar-refractivity contribution is 6.31. The van der Waals surface area contributed by atoms with Crippen molar-refractivity contribution in [2.45, 2.75) is 19.3 Å². The number of para-hydroxylation sites is 2. The predicted octanol–water partition coefficient (Wildman–Crippen LogP) is 6.17. The van der Waals surface area contributed by atoms with Crippen LogP contribution < -0.4 is 5.32 Å². The summed E-state index contributed by atoms with van der Waals surface area (Å²) in [6, 6.07) is 20.1. The third kappa shape index (κ3) is 4.85. The average molecular weight is 347 g/mol. The molecular formula is C19H20Cl2N2. The number of anilines is 1. The van der Waals surface area contributed by atoms with Crippen LogP contribution in [0.1, 0.15) is 19.3 Å². The van der Waals surface area contributed by atoms with E-state index in [2.05, 4.69) is 22.4 Å². The summed E-state index contributed by atoms with van der Waals surface area (Å²) >= 11 is 6.59. The first-order valence-corrected chi connectivity index (χ1v) is 8.00. The average Bonchev–Trinajstić information content (AvgIpc) is 2.58. The number of rotatable bonds is 4. The lowest BCUT2D eigenvalue weighted by Crippen LogP contribution is -2.15. The standard InChI is InChI=1S/C19H19ClN2.ClH/c20-19-15(14-21-16-9-3-1-4-10-16)8-7-13-18(19)22-17-11-5-2-6-12-17;/h1-6,9-12,14-15,22H,7-8,13H2;1H. The molecule has 4 heteroatoms. The number of hydrogen-bond acceptors (Lipinski definition) is 2. The molecule has 0 saturated carbocycles. The molecule has 0 radical (unpaired) electrons. The van der Waals surface area contributed by atoms with Crippen molar-refractivity contribution in [1.29, 1.82) is 0 Å². The predicted molar refractivity (Wildman–Crippen MR) is 102 cm³/mol. The molecule has 0 saturated heterocycles. The van der Waals surface area contributed by atoms with Gasteiger partial charge < -0.3 is 5.32 Å². The lowest BCUT2D eigenvalue weighted by molar-refractivity contribution is 0.633. The van der Waals surface area contributed by atoms with E-state index in [9.17, 15) is 0 Å². The van der Waals surface area contributed by atoms with Gasteiger partial charge in [-0.2, -0.15) is 0 Å². The summed E-state index contributed by atoms with van der Waals surface area (Å²) in [6.07, 6.45) is 5.14. The van der Waals surface area contributed by atoms with Crippen LogP contribution in [0.2, 0.25) is 0 Å². The molecule has 0 spiro atoms. The van der Waals surface area contributed by atoms with Crippen LogP contribution in [0.15, 0.2) is 76.4 Å². The summed E-state index contributed by atoms with van der Waals surface area (Å²) in [5.41, 5.74) is 3.16. The molecule has 1 aliphatic rings. The Morgan fingerprint density at radius 1 is 1.00 bits per heavy atom. The first-order valence-electron chi connectivity index (χ1n) is 7.63. The molecule has 0 aromatic heterocycles. The van der Waals surface area contributed by atoms with Crippen LogP contribution in [0, 0.1) is 5.92 Å². The fraction of sp³-hybridized carbons (Fsp3) is 0.211. The summed E-state index contributed by atoms with van der Waals surface area (Å²) in [4.78, 5) is 4.55. The van der Waals surface area contributed by atoms with Crippen LogP contribution in [-0.4, -0.2) is 6.21 Å². The van der Waals surface area contributed by atoms with E-state index in [0.717, 1.165) is 41.4 Å². The number of aliphatic imine (C=N–C) groups is 1. The largest absolute Gasteiger partial charge is 0.358 e. The molecule has 1 aliphatic carbocycles. The second-order valence-corrected chi connectivity index (χ2v) is 5.84. The number of allylic oxidation sites excluding steroid dienone is 2. The molecule has 2 aromatic carbocycles. The van der Waals surface area contributed by atoms with Crippen molar-refractivity contribution < 1.29 is 0 Å². The Kier molecular flexibility index (Phi) is 6.69. The van der Waals surface area contributed by atoms with E-state index < -0.39 is 0 Å². The van der Waals surface area contributed by atoms with Crippen molar-refractivity contribution in [2.75, 3.05) is 5.32 Å². The van der Waals surface area contributed by atoms with E-state index in [1.54, 1.807) is 0 Å². The van der Waals surface area contributed by atoms with E-state index in [4.69, 9.17) is 11.6 Å². The van der Waals surface area contributed by atoms with Gasteiger partial charge in [0.05, 0.1) is 5.69 Å². The van der Waals surface area contributed by atoms with Gasteiger partial charge in [-0.15, -0.1) is 12.4 Å². The van der Waals surface area contributed by atoms with Crippen molar-refractivity contribution in [3.63, 3.8) is 0 Å². The van der Waals surface area contributed by atoms with Crippen LogP contribution in [0.25, 0.3) is 0 Å². The van der Waals surface area contributed by atoms with Gasteiger partial charge in [-0.3, -0.25) is 4.99 Å². The van der Waals surface area contributed by atoms with Crippen molar-refractivity contribution in [2.24, 2.45) is 10.9 Å². The molecule has 1 N–H and O–H groups in total. The van der Waals surface area contributed by atoms with Gasteiger partial charge in [-0.1, -0.05) is 48.0 Å². The molecule has 0 amide bonds. The normalized spacial score (nSPS) is 17.9. The summed E-state index contributed by atoms with van der Waals surface area (Å²) < 4.78 is 0. The SMILES string of the molecule is Cl.ClC1=C(Nc2ccccc2)CCCC1C=Nc1ccccc1. The van der Waals surface area contributed by atoms with Gasteiger partial charge in [-0.05, 0) is 43.5 Å². The molecule has 2 aromatic rings. The topological polar surface area (TPSA) is 24.4 Å². The van der Waals surface area contributed by atoms with Crippen molar-refractivity contribution in [1.82, 2.24) is 0 Å². The third-order valence-corrected chi connectivity index (χ3v) is 4.29. The summed E-state index contributed by atoms with van der Waals surface area (Å²) in [5.74, 6) is 0.196. The minimum absolute atomic E-state index is 0. The van der Waals surface area contributed by atoms with E-state index in [1.165, 1.54) is 0 Å². The van der Waals surface area contributed by atoms with E-state index in [-0.39, 0.29) is 18.3 Å². The highest BCUT2D eigenvalue weighted by atomic mass is 35.5. The molecule has 1 atom stereocenters. The zero-order chi connectivity index (χ0) is 15.2. The van der Waals surface area contributed by atoms with Crippen LogP contribution in [0.3, 0.4) is 0 Å². The minimum atomic E-state index is 0. The van der Waals surface area contributed by atoms with Gasteiger partial charge in [0.2, 0.25) is 0 Å². The second-order valence-electron chi connectivity index (χ2n) is 5.43. The Hall–Kier alpha value is -1.77. The molecule has 0 fully saturated rings. The molecule has 2 nitrogen and oxygen atoms in total. The molecule has 0 aliphatic heterocycles. The molecular weight excluding hydrogens is 327 g/mol. The first kappa shape index (κ1) is 17.6. The molecule has 23 heavy (non-hydrogen) atoms. The van der Waals surface area contributed by atoms with E-state index in [0.29, 0.717) is 0 Å². The van der Waals surface area contributed by atoms with Crippen molar-refractivity contribution in [3.05, 3.63) is 71.4 Å². The Balaban J connectivity index is 0.00000192. The quantitative estimate of drug-likeness (QED) is 0.657. The zero-order valence-corrected chi connectivity index (χ0v) is 14.4. The van der Waals surface area contributed by atoms with Gasteiger partial charge in [0.1, 0.15) is 0 Å². The smallest absolute Gasteiger partial charge is 0.0625 e. The van der Waals surface area contributed by atoms with Crippen molar-refractivity contribution >= 4 is 41.6 Å². The maximum Gasteiger partial charge on any atom is 0.0625 e. The highest BCUT2D eigenvalue weighted by Gasteiger charge is 2.20. The van der Waals surface area contributed by atoms with Crippen LogP contribution >= 0.6 is 24.0 Å². The molecule has 0 heterocycles. The monoisotopic (exact) mass is 346 g/mol. The van der Waals surface area contributed by atoms with Gasteiger partial charge in [0.15, 0.2) is 0 Å². The first-order chi connectivity index (χ1) is 10.8.